The highest BCUT2D eigenvalue weighted by molar-refractivity contribution is 6.31. The van der Waals surface area contributed by atoms with Crippen molar-refractivity contribution in [2.45, 2.75) is 38.0 Å². The maximum absolute atomic E-state index is 12.3. The Kier molecular flexibility index (Phi) is 6.31. The molecule has 1 saturated carbocycles. The van der Waals surface area contributed by atoms with Gasteiger partial charge in [-0.25, -0.2) is 4.98 Å². The smallest absolute Gasteiger partial charge is 0.262 e. The zero-order valence-electron chi connectivity index (χ0n) is 18.2. The third-order valence-electron chi connectivity index (χ3n) is 6.09. The number of halogens is 1. The molecule has 6 heteroatoms. The lowest BCUT2D eigenvalue weighted by molar-refractivity contribution is -0.118. The van der Waals surface area contributed by atoms with Crippen molar-refractivity contribution in [3.63, 3.8) is 0 Å². The van der Waals surface area contributed by atoms with Crippen LogP contribution in [0.4, 0.5) is 5.69 Å². The van der Waals surface area contributed by atoms with E-state index in [1.54, 1.807) is 18.2 Å². The van der Waals surface area contributed by atoms with E-state index in [-0.39, 0.29) is 12.5 Å². The molecule has 1 fully saturated rings. The summed E-state index contributed by atoms with van der Waals surface area (Å²) in [5.41, 5.74) is 4.25. The Morgan fingerprint density at radius 2 is 1.76 bits per heavy atom. The van der Waals surface area contributed by atoms with Gasteiger partial charge in [-0.05, 0) is 78.9 Å². The predicted octanol–water partition coefficient (Wildman–Crippen LogP) is 7.21. The zero-order valence-corrected chi connectivity index (χ0v) is 19.0. The molecule has 0 unspecified atom stereocenters. The van der Waals surface area contributed by atoms with E-state index in [2.05, 4.69) is 22.4 Å². The number of anilines is 1. The van der Waals surface area contributed by atoms with Crippen molar-refractivity contribution >= 4 is 34.3 Å². The summed E-state index contributed by atoms with van der Waals surface area (Å²) in [7, 11) is 0. The first-order valence-electron chi connectivity index (χ1n) is 11.3. The molecule has 0 saturated heterocycles. The van der Waals surface area contributed by atoms with Gasteiger partial charge >= 0.3 is 0 Å². The summed E-state index contributed by atoms with van der Waals surface area (Å²) in [4.78, 5) is 16.8. The Hall–Kier alpha value is -3.31. The molecule has 0 radical (unpaired) electrons. The summed E-state index contributed by atoms with van der Waals surface area (Å²) < 4.78 is 11.5. The van der Waals surface area contributed by atoms with Crippen LogP contribution < -0.4 is 10.1 Å². The summed E-state index contributed by atoms with van der Waals surface area (Å²) in [5.74, 6) is 1.66. The third-order valence-corrected chi connectivity index (χ3v) is 6.33. The van der Waals surface area contributed by atoms with Crippen molar-refractivity contribution in [3.05, 3.63) is 77.3 Å². The van der Waals surface area contributed by atoms with Gasteiger partial charge in [-0.15, -0.1) is 0 Å². The maximum atomic E-state index is 12.3. The fourth-order valence-corrected chi connectivity index (χ4v) is 4.50. The number of carbonyl (C=O) groups is 1. The summed E-state index contributed by atoms with van der Waals surface area (Å²) >= 11 is 6.01. The van der Waals surface area contributed by atoms with Crippen LogP contribution in [0.25, 0.3) is 22.6 Å². The quantitative estimate of drug-likeness (QED) is 0.330. The van der Waals surface area contributed by atoms with Crippen LogP contribution in [0.15, 0.2) is 71.1 Å². The Labute approximate surface area is 197 Å². The molecule has 1 heterocycles. The fraction of sp³-hybridized carbons (Fsp3) is 0.259. The Morgan fingerprint density at radius 1 is 1.00 bits per heavy atom. The van der Waals surface area contributed by atoms with Crippen LogP contribution in [0, 0.1) is 0 Å². The number of amides is 1. The molecule has 5 nitrogen and oxygen atoms in total. The van der Waals surface area contributed by atoms with E-state index in [4.69, 9.17) is 20.8 Å². The molecule has 0 aliphatic heterocycles. The lowest BCUT2D eigenvalue weighted by atomic mass is 9.84. The Balaban J connectivity index is 1.15. The van der Waals surface area contributed by atoms with Gasteiger partial charge in [0.1, 0.15) is 11.3 Å². The SMILES string of the molecule is O=C(COc1ccc(C2CCCCC2)cc1)Nc1ccc(-c2nc3cc(Cl)ccc3o2)cc1. The lowest BCUT2D eigenvalue weighted by Crippen LogP contribution is -2.20. The molecule has 0 bridgehead atoms. The molecule has 3 aromatic carbocycles. The summed E-state index contributed by atoms with van der Waals surface area (Å²) in [5, 5.41) is 3.47. The molecule has 33 heavy (non-hydrogen) atoms. The minimum atomic E-state index is -0.212. The minimum absolute atomic E-state index is 0.0452. The van der Waals surface area contributed by atoms with E-state index in [0.717, 1.165) is 5.56 Å². The average Bonchev–Trinajstić information content (AvgIpc) is 3.27. The minimum Gasteiger partial charge on any atom is -0.484 e. The van der Waals surface area contributed by atoms with Crippen molar-refractivity contribution < 1.29 is 13.9 Å². The number of nitrogens with one attached hydrogen (secondary N) is 1. The van der Waals surface area contributed by atoms with Gasteiger partial charge in [0.2, 0.25) is 5.89 Å². The van der Waals surface area contributed by atoms with Gasteiger partial charge in [-0.3, -0.25) is 4.79 Å². The molecule has 1 N–H and O–H groups in total. The highest BCUT2D eigenvalue weighted by atomic mass is 35.5. The van der Waals surface area contributed by atoms with Crippen LogP contribution in [0.2, 0.25) is 5.02 Å². The molecule has 1 aliphatic carbocycles. The van der Waals surface area contributed by atoms with Gasteiger partial charge in [0.05, 0.1) is 0 Å². The highest BCUT2D eigenvalue weighted by Gasteiger charge is 2.15. The van der Waals surface area contributed by atoms with E-state index < -0.39 is 0 Å². The Morgan fingerprint density at radius 3 is 2.52 bits per heavy atom. The first-order chi connectivity index (χ1) is 16.1. The largest absolute Gasteiger partial charge is 0.484 e. The van der Waals surface area contributed by atoms with Crippen LogP contribution in [0.5, 0.6) is 5.75 Å². The van der Waals surface area contributed by atoms with Crippen molar-refractivity contribution in [1.82, 2.24) is 4.98 Å². The number of hydrogen-bond donors (Lipinski definition) is 1. The first kappa shape index (κ1) is 21.5. The van der Waals surface area contributed by atoms with Gasteiger partial charge in [0.15, 0.2) is 12.2 Å². The van der Waals surface area contributed by atoms with Crippen LogP contribution >= 0.6 is 11.6 Å². The molecular formula is C27H25ClN2O3. The van der Waals surface area contributed by atoms with Crippen molar-refractivity contribution in [2.75, 3.05) is 11.9 Å². The van der Waals surface area contributed by atoms with Crippen LogP contribution in [-0.2, 0) is 4.79 Å². The van der Waals surface area contributed by atoms with Gasteiger partial charge in [-0.1, -0.05) is 43.0 Å². The number of benzene rings is 3. The molecule has 5 rings (SSSR count). The van der Waals surface area contributed by atoms with Gasteiger partial charge in [0, 0.05) is 16.3 Å². The molecule has 0 spiro atoms. The van der Waals surface area contributed by atoms with Crippen LogP contribution in [0.3, 0.4) is 0 Å². The first-order valence-corrected chi connectivity index (χ1v) is 11.7. The monoisotopic (exact) mass is 460 g/mol. The molecule has 1 aliphatic rings. The second kappa shape index (κ2) is 9.67. The number of ether oxygens (including phenoxy) is 1. The number of rotatable bonds is 6. The predicted molar refractivity (Wildman–Crippen MR) is 131 cm³/mol. The third kappa shape index (κ3) is 5.20. The topological polar surface area (TPSA) is 64.4 Å². The van der Waals surface area contributed by atoms with Gasteiger partial charge in [0.25, 0.3) is 5.91 Å². The number of nitrogens with zero attached hydrogens (tertiary/aromatic N) is 1. The molecular weight excluding hydrogens is 436 g/mol. The van der Waals surface area contributed by atoms with Gasteiger partial charge in [-0.2, -0.15) is 0 Å². The van der Waals surface area contributed by atoms with E-state index in [1.807, 2.05) is 36.4 Å². The van der Waals surface area contributed by atoms with Crippen molar-refractivity contribution in [2.24, 2.45) is 0 Å². The number of carbonyl (C=O) groups excluding carboxylic acids is 1. The molecule has 168 valence electrons. The lowest BCUT2D eigenvalue weighted by Gasteiger charge is -2.22. The van der Waals surface area contributed by atoms with E-state index >= 15 is 0 Å². The van der Waals surface area contributed by atoms with Crippen molar-refractivity contribution in [1.29, 1.82) is 0 Å². The average molecular weight is 461 g/mol. The number of aromatic nitrogens is 1. The zero-order chi connectivity index (χ0) is 22.6. The molecule has 0 atom stereocenters. The number of oxazole rings is 1. The summed E-state index contributed by atoms with van der Waals surface area (Å²) in [6.07, 6.45) is 6.51. The molecule has 1 aromatic heterocycles. The summed E-state index contributed by atoms with van der Waals surface area (Å²) in [6.45, 7) is -0.0452. The maximum Gasteiger partial charge on any atom is 0.262 e. The van der Waals surface area contributed by atoms with E-state index in [0.29, 0.717) is 39.4 Å². The van der Waals surface area contributed by atoms with Crippen molar-refractivity contribution in [3.8, 4) is 17.2 Å². The highest BCUT2D eigenvalue weighted by Crippen LogP contribution is 2.33. The standard InChI is InChI=1S/C27H25ClN2O3/c28-21-10-15-25-24(16-21)30-27(33-25)20-6-11-22(12-7-20)29-26(31)17-32-23-13-8-19(9-14-23)18-4-2-1-3-5-18/h6-16,18H,1-5,17H2,(H,29,31). The fourth-order valence-electron chi connectivity index (χ4n) is 4.34. The number of hydrogen-bond acceptors (Lipinski definition) is 4. The summed E-state index contributed by atoms with van der Waals surface area (Å²) in [6, 6.07) is 20.8. The number of fused-ring (bicyclic) bond motifs is 1. The van der Waals surface area contributed by atoms with E-state index in [9.17, 15) is 4.79 Å². The van der Waals surface area contributed by atoms with Crippen LogP contribution in [0.1, 0.15) is 43.6 Å². The normalized spacial score (nSPS) is 14.3. The molecule has 4 aromatic rings. The second-order valence-electron chi connectivity index (χ2n) is 8.45. The van der Waals surface area contributed by atoms with Gasteiger partial charge < -0.3 is 14.5 Å². The Bertz CT molecular complexity index is 1240. The van der Waals surface area contributed by atoms with Crippen LogP contribution in [-0.4, -0.2) is 17.5 Å². The van der Waals surface area contributed by atoms with E-state index in [1.165, 1.54) is 37.7 Å². The second-order valence-corrected chi connectivity index (χ2v) is 8.89. The molecule has 1 amide bonds.